The number of fused-ring (bicyclic) bond motifs is 2. The van der Waals surface area contributed by atoms with Crippen molar-refractivity contribution in [3.63, 3.8) is 0 Å². The van der Waals surface area contributed by atoms with Gasteiger partial charge in [0.1, 0.15) is 0 Å². The largest absolute Gasteiger partial charge is 0.363 e. The first-order chi connectivity index (χ1) is 11.4. The molecule has 0 spiro atoms. The number of aromatic amines is 1. The Kier molecular flexibility index (Phi) is 3.10. The van der Waals surface area contributed by atoms with E-state index in [4.69, 9.17) is 0 Å². The van der Waals surface area contributed by atoms with Crippen LogP contribution in [-0.2, 0) is 11.8 Å². The van der Waals surface area contributed by atoms with E-state index in [1.807, 2.05) is 18.2 Å². The highest BCUT2D eigenvalue weighted by Gasteiger charge is 2.40. The van der Waals surface area contributed by atoms with E-state index in [-0.39, 0.29) is 23.3 Å². The summed E-state index contributed by atoms with van der Waals surface area (Å²) < 4.78 is 0. The molecule has 0 saturated heterocycles. The standard InChI is InChI=1S/C19H21N3O2/c1-19(2)10-22(3)18(24)15-13(9-20-16(15)19)17(23)21-14-8-11-6-4-5-7-12(11)14/h4-7,9,14,20H,8,10H2,1-3H3,(H,21,23). The molecule has 2 heterocycles. The Morgan fingerprint density at radius 3 is 2.83 bits per heavy atom. The molecule has 124 valence electrons. The molecule has 2 aliphatic rings. The predicted molar refractivity (Wildman–Crippen MR) is 91.1 cm³/mol. The van der Waals surface area contributed by atoms with Gasteiger partial charge in [0, 0.05) is 30.9 Å². The van der Waals surface area contributed by atoms with Gasteiger partial charge in [0.2, 0.25) is 0 Å². The minimum absolute atomic E-state index is 0.0312. The number of nitrogens with zero attached hydrogens (tertiary/aromatic N) is 1. The number of hydrogen-bond acceptors (Lipinski definition) is 2. The van der Waals surface area contributed by atoms with Gasteiger partial charge < -0.3 is 15.2 Å². The van der Waals surface area contributed by atoms with Gasteiger partial charge in [0.15, 0.2) is 0 Å². The molecule has 1 aromatic heterocycles. The maximum absolute atomic E-state index is 12.8. The Morgan fingerprint density at radius 2 is 2.08 bits per heavy atom. The lowest BCUT2D eigenvalue weighted by molar-refractivity contribution is 0.0729. The van der Waals surface area contributed by atoms with Gasteiger partial charge in [0.05, 0.1) is 17.2 Å². The molecule has 4 rings (SSSR count). The molecule has 1 unspecified atom stereocenters. The van der Waals surface area contributed by atoms with Crippen LogP contribution in [0.3, 0.4) is 0 Å². The van der Waals surface area contributed by atoms with Gasteiger partial charge >= 0.3 is 0 Å². The smallest absolute Gasteiger partial charge is 0.256 e. The van der Waals surface area contributed by atoms with Crippen molar-refractivity contribution in [2.75, 3.05) is 13.6 Å². The summed E-state index contributed by atoms with van der Waals surface area (Å²) in [5.74, 6) is -0.281. The summed E-state index contributed by atoms with van der Waals surface area (Å²) in [5, 5.41) is 3.06. The van der Waals surface area contributed by atoms with Crippen LogP contribution in [0.5, 0.6) is 0 Å². The van der Waals surface area contributed by atoms with Gasteiger partial charge in [-0.1, -0.05) is 38.1 Å². The SMILES string of the molecule is CN1CC(C)(C)c2[nH]cc(C(=O)NC3Cc4ccccc43)c2C1=O. The quantitative estimate of drug-likeness (QED) is 0.891. The number of hydrogen-bond donors (Lipinski definition) is 2. The van der Waals surface area contributed by atoms with Crippen LogP contribution < -0.4 is 5.32 Å². The highest BCUT2D eigenvalue weighted by Crippen LogP contribution is 2.35. The Labute approximate surface area is 141 Å². The van der Waals surface area contributed by atoms with E-state index in [1.54, 1.807) is 18.1 Å². The molecule has 1 atom stereocenters. The zero-order valence-electron chi connectivity index (χ0n) is 14.1. The second-order valence-electron chi connectivity index (χ2n) is 7.43. The summed E-state index contributed by atoms with van der Waals surface area (Å²) >= 11 is 0. The fourth-order valence-electron chi connectivity index (χ4n) is 3.92. The topological polar surface area (TPSA) is 65.2 Å². The zero-order chi connectivity index (χ0) is 17.1. The first-order valence-electron chi connectivity index (χ1n) is 8.24. The number of carbonyl (C=O) groups is 2. The number of aromatic nitrogens is 1. The molecular formula is C19H21N3O2. The van der Waals surface area contributed by atoms with Crippen molar-refractivity contribution in [2.24, 2.45) is 0 Å². The summed E-state index contributed by atoms with van der Waals surface area (Å²) in [4.78, 5) is 30.2. The summed E-state index contributed by atoms with van der Waals surface area (Å²) in [6.45, 7) is 4.79. The fourth-order valence-corrected chi connectivity index (χ4v) is 3.92. The second kappa shape index (κ2) is 4.97. The molecular weight excluding hydrogens is 302 g/mol. The van der Waals surface area contributed by atoms with E-state index in [0.29, 0.717) is 17.7 Å². The molecule has 2 amide bonds. The van der Waals surface area contributed by atoms with Crippen molar-refractivity contribution in [3.8, 4) is 0 Å². The van der Waals surface area contributed by atoms with E-state index < -0.39 is 0 Å². The van der Waals surface area contributed by atoms with Crippen LogP contribution in [-0.4, -0.2) is 35.3 Å². The van der Waals surface area contributed by atoms with Gasteiger partial charge in [0.25, 0.3) is 11.8 Å². The second-order valence-corrected chi connectivity index (χ2v) is 7.43. The predicted octanol–water partition coefficient (Wildman–Crippen LogP) is 2.41. The van der Waals surface area contributed by atoms with E-state index in [0.717, 1.165) is 12.1 Å². The fraction of sp³-hybridized carbons (Fsp3) is 0.368. The van der Waals surface area contributed by atoms with Crippen LogP contribution in [0, 0.1) is 0 Å². The van der Waals surface area contributed by atoms with Crippen LogP contribution in [0.1, 0.15) is 57.4 Å². The number of carbonyl (C=O) groups excluding carboxylic acids is 2. The zero-order valence-corrected chi connectivity index (χ0v) is 14.1. The Hall–Kier alpha value is -2.56. The summed E-state index contributed by atoms with van der Waals surface area (Å²) in [5.41, 5.74) is 4.05. The molecule has 0 radical (unpaired) electrons. The van der Waals surface area contributed by atoms with E-state index in [2.05, 4.69) is 30.2 Å². The third-order valence-corrected chi connectivity index (χ3v) is 5.15. The van der Waals surface area contributed by atoms with E-state index >= 15 is 0 Å². The summed E-state index contributed by atoms with van der Waals surface area (Å²) in [6, 6.07) is 8.14. The van der Waals surface area contributed by atoms with Crippen LogP contribution in [0.4, 0.5) is 0 Å². The number of nitrogens with one attached hydrogen (secondary N) is 2. The van der Waals surface area contributed by atoms with E-state index in [1.165, 1.54) is 11.1 Å². The highest BCUT2D eigenvalue weighted by molar-refractivity contribution is 6.09. The van der Waals surface area contributed by atoms with Crippen molar-refractivity contribution in [2.45, 2.75) is 31.7 Å². The van der Waals surface area contributed by atoms with Gasteiger partial charge in [-0.2, -0.15) is 0 Å². The molecule has 2 N–H and O–H groups in total. The lowest BCUT2D eigenvalue weighted by Gasteiger charge is -2.36. The lowest BCUT2D eigenvalue weighted by Crippen LogP contribution is -2.45. The summed E-state index contributed by atoms with van der Waals surface area (Å²) in [7, 11) is 1.78. The molecule has 24 heavy (non-hydrogen) atoms. The molecule has 0 fully saturated rings. The van der Waals surface area contributed by atoms with Crippen LogP contribution in [0.25, 0.3) is 0 Å². The molecule has 2 aromatic rings. The average molecular weight is 323 g/mol. The molecule has 1 aromatic carbocycles. The maximum Gasteiger partial charge on any atom is 0.256 e. The van der Waals surface area contributed by atoms with Crippen molar-refractivity contribution in [3.05, 3.63) is 58.4 Å². The molecule has 5 nitrogen and oxygen atoms in total. The number of rotatable bonds is 2. The minimum Gasteiger partial charge on any atom is -0.363 e. The summed E-state index contributed by atoms with van der Waals surface area (Å²) in [6.07, 6.45) is 2.51. The van der Waals surface area contributed by atoms with Crippen LogP contribution in [0.2, 0.25) is 0 Å². The van der Waals surface area contributed by atoms with Crippen molar-refractivity contribution < 1.29 is 9.59 Å². The molecule has 0 bridgehead atoms. The minimum atomic E-state index is -0.195. The molecule has 1 aliphatic heterocycles. The van der Waals surface area contributed by atoms with Gasteiger partial charge in [-0.25, -0.2) is 0 Å². The molecule has 0 saturated carbocycles. The average Bonchev–Trinajstić information content (AvgIpc) is 2.96. The van der Waals surface area contributed by atoms with Crippen LogP contribution >= 0.6 is 0 Å². The third kappa shape index (κ3) is 2.08. The first-order valence-corrected chi connectivity index (χ1v) is 8.24. The number of likely N-dealkylation sites (N-methyl/N-ethyl adjacent to an activating group) is 1. The van der Waals surface area contributed by atoms with Crippen molar-refractivity contribution in [1.29, 1.82) is 0 Å². The van der Waals surface area contributed by atoms with E-state index in [9.17, 15) is 9.59 Å². The first kappa shape index (κ1) is 15.0. The van der Waals surface area contributed by atoms with Crippen molar-refractivity contribution in [1.82, 2.24) is 15.2 Å². The normalized spacial score (nSPS) is 20.9. The number of benzene rings is 1. The number of H-pyrrole nitrogens is 1. The third-order valence-electron chi connectivity index (χ3n) is 5.15. The Balaban J connectivity index is 1.63. The molecule has 1 aliphatic carbocycles. The maximum atomic E-state index is 12.8. The lowest BCUT2D eigenvalue weighted by atomic mass is 9.81. The Bertz CT molecular complexity index is 850. The Morgan fingerprint density at radius 1 is 1.33 bits per heavy atom. The highest BCUT2D eigenvalue weighted by atomic mass is 16.2. The van der Waals surface area contributed by atoms with Crippen molar-refractivity contribution >= 4 is 11.8 Å². The van der Waals surface area contributed by atoms with Gasteiger partial charge in [-0.15, -0.1) is 0 Å². The van der Waals surface area contributed by atoms with Gasteiger partial charge in [-0.05, 0) is 17.5 Å². The van der Waals surface area contributed by atoms with Crippen LogP contribution in [0.15, 0.2) is 30.5 Å². The van der Waals surface area contributed by atoms with Gasteiger partial charge in [-0.3, -0.25) is 9.59 Å². The number of amides is 2. The molecule has 5 heteroatoms. The monoisotopic (exact) mass is 323 g/mol.